The van der Waals surface area contributed by atoms with Crippen LogP contribution < -0.4 is 54.1 Å². The SMILES string of the molecule is C.COCCOc1ccc(CCCCCC(=N)CC(=O)c2nc(Cl)c(N)nc2N)cc1.NC(=NCCCCc1ccc(OCCOCCOCCOCCCC(=O)CCCCCNC(=O)NCCOCCOCCO)cc1)NC(=O)c1nc(Cl)c(N)nc1N. The zero-order valence-corrected chi connectivity index (χ0v) is 52.0. The van der Waals surface area contributed by atoms with Crippen LogP contribution in [0.1, 0.15) is 123 Å². The number of anilines is 4. The quantitative estimate of drug-likeness (QED) is 0.00993. The number of hydrogen-bond donors (Lipinski definition) is 10. The van der Waals surface area contributed by atoms with Gasteiger partial charge in [0.1, 0.15) is 30.5 Å². The van der Waals surface area contributed by atoms with Crippen molar-refractivity contribution in [3.63, 3.8) is 0 Å². The Hall–Kier alpha value is -7.08. The number of rotatable bonds is 47. The average molecular weight is 1290 g/mol. The topological polar surface area (TPSA) is 416 Å². The number of aryl methyl sites for hydroxylation is 2. The van der Waals surface area contributed by atoms with E-state index in [0.717, 1.165) is 81.3 Å². The van der Waals surface area contributed by atoms with Crippen LogP contribution in [0, 0.1) is 5.41 Å². The number of methoxy groups -OCH3 is 1. The average Bonchev–Trinajstić information content (AvgIpc) is 3.03. The lowest BCUT2D eigenvalue weighted by Gasteiger charge is -2.09. The number of hydrogen-bond acceptors (Lipinski definition) is 23. The summed E-state index contributed by atoms with van der Waals surface area (Å²) >= 11 is 11.6. The molecule has 27 nitrogen and oxygen atoms in total. The molecule has 2 heterocycles. The van der Waals surface area contributed by atoms with Gasteiger partial charge in [-0.3, -0.25) is 24.7 Å². The first kappa shape index (κ1) is 78.0. The Morgan fingerprint density at radius 2 is 1.03 bits per heavy atom. The summed E-state index contributed by atoms with van der Waals surface area (Å²) in [6.45, 7) is 7.12. The van der Waals surface area contributed by atoms with Gasteiger partial charge in [0.25, 0.3) is 5.91 Å². The van der Waals surface area contributed by atoms with E-state index in [1.807, 2.05) is 36.4 Å². The van der Waals surface area contributed by atoms with E-state index in [1.54, 1.807) is 7.11 Å². The molecule has 0 radical (unpaired) electrons. The van der Waals surface area contributed by atoms with E-state index in [0.29, 0.717) is 130 Å². The summed E-state index contributed by atoms with van der Waals surface area (Å²) in [5, 5.41) is 24.4. The molecule has 0 aliphatic heterocycles. The third-order valence-electron chi connectivity index (χ3n) is 12.4. The Balaban J connectivity index is 0.000000729. The van der Waals surface area contributed by atoms with Gasteiger partial charge in [-0.15, -0.1) is 0 Å². The van der Waals surface area contributed by atoms with Gasteiger partial charge in [-0.25, -0.2) is 24.7 Å². The predicted molar refractivity (Wildman–Crippen MR) is 345 cm³/mol. The van der Waals surface area contributed by atoms with E-state index in [2.05, 4.69) is 53.0 Å². The molecule has 3 amide bonds. The standard InChI is InChI=1S/C38H62ClN9O10.C21H28ClN5O3.CH4/c39-33-35(41)47-34(40)32(46-33)36(51)48-37(42)43-14-5-3-7-29-10-12-31(13-11-29)58-28-27-57-26-25-56-24-21-53-18-6-9-30(50)8-2-1-4-15-44-38(52)45-16-19-54-22-23-55-20-17-49;1-29-11-12-30-16-9-7-14(8-10-16)5-3-2-4-6-15(23)13-17(28)18-20(24)27-21(25)19(22)26-18;/h10-13,49H,1-9,14-28H2,(H4,40,41,47)(H2,44,45,52)(H3,42,43,48,51);7-10,23H,2-6,11-13H2,1H3,(H4,24,25,27);1H4. The number of halogens is 2. The van der Waals surface area contributed by atoms with Gasteiger partial charge in [-0.1, -0.05) is 67.7 Å². The number of aliphatic hydroxyl groups is 1. The van der Waals surface area contributed by atoms with Crippen molar-refractivity contribution in [2.75, 3.05) is 142 Å². The monoisotopic (exact) mass is 1290 g/mol. The fourth-order valence-electron chi connectivity index (χ4n) is 7.84. The number of aliphatic imine (C=N–C) groups is 1. The third kappa shape index (κ3) is 36.9. The highest BCUT2D eigenvalue weighted by molar-refractivity contribution is 6.32. The second-order valence-electron chi connectivity index (χ2n) is 19.6. The molecule has 4 aromatic rings. The van der Waals surface area contributed by atoms with Gasteiger partial charge in [0.2, 0.25) is 0 Å². The second kappa shape index (κ2) is 48.8. The van der Waals surface area contributed by atoms with Crippen LogP contribution in [-0.2, 0) is 46.1 Å². The zero-order valence-electron chi connectivity index (χ0n) is 50.5. The first-order chi connectivity index (χ1) is 42.6. The van der Waals surface area contributed by atoms with E-state index >= 15 is 0 Å². The number of ketones is 2. The summed E-state index contributed by atoms with van der Waals surface area (Å²) in [6, 6.07) is 15.7. The fourth-order valence-corrected chi connectivity index (χ4v) is 8.09. The van der Waals surface area contributed by atoms with Gasteiger partial charge in [-0.2, -0.15) is 0 Å². The van der Waals surface area contributed by atoms with Crippen molar-refractivity contribution >= 4 is 81.6 Å². The van der Waals surface area contributed by atoms with Crippen molar-refractivity contribution in [3.8, 4) is 11.5 Å². The number of carbonyl (C=O) groups excluding carboxylic acids is 4. The molecule has 4 rings (SSSR count). The number of aliphatic hydroxyl groups excluding tert-OH is 1. The minimum atomic E-state index is -0.678. The number of urea groups is 1. The van der Waals surface area contributed by atoms with Crippen molar-refractivity contribution in [1.29, 1.82) is 5.41 Å². The second-order valence-corrected chi connectivity index (χ2v) is 20.3. The van der Waals surface area contributed by atoms with Gasteiger partial charge < -0.3 is 87.7 Å². The number of unbranched alkanes of at least 4 members (excludes halogenated alkanes) is 5. The molecule has 0 atom stereocenters. The predicted octanol–water partition coefficient (Wildman–Crippen LogP) is 6.38. The van der Waals surface area contributed by atoms with Crippen LogP contribution in [0.25, 0.3) is 0 Å². The molecule has 2 aromatic carbocycles. The van der Waals surface area contributed by atoms with Crippen LogP contribution in [-0.4, -0.2) is 179 Å². The van der Waals surface area contributed by atoms with Crippen LogP contribution in [0.5, 0.6) is 11.5 Å². The van der Waals surface area contributed by atoms with Gasteiger partial charge in [0.15, 0.2) is 56.7 Å². The van der Waals surface area contributed by atoms with Gasteiger partial charge >= 0.3 is 6.03 Å². The molecule has 0 fully saturated rings. The van der Waals surface area contributed by atoms with Gasteiger partial charge in [-0.05, 0) is 99.6 Å². The molecule has 29 heteroatoms. The number of nitrogen functional groups attached to an aromatic ring is 4. The number of amides is 3. The highest BCUT2D eigenvalue weighted by Crippen LogP contribution is 2.21. The highest BCUT2D eigenvalue weighted by atomic mass is 35.5. The van der Waals surface area contributed by atoms with E-state index in [-0.39, 0.29) is 95.6 Å². The molecule has 2 aromatic heterocycles. The molecule has 0 aliphatic carbocycles. The Morgan fingerprint density at radius 3 is 1.63 bits per heavy atom. The summed E-state index contributed by atoms with van der Waals surface area (Å²) in [5.74, 6) is 0.384. The number of Topliss-reactive ketones (excluding diaryl/α,β-unsaturated/α-hetero) is 2. The van der Waals surface area contributed by atoms with Crippen molar-refractivity contribution in [3.05, 3.63) is 81.4 Å². The van der Waals surface area contributed by atoms with Crippen molar-refractivity contribution in [2.24, 2.45) is 10.7 Å². The summed E-state index contributed by atoms with van der Waals surface area (Å²) in [6.07, 6.45) is 10.9. The number of nitrogens with zero attached hydrogens (tertiary/aromatic N) is 5. The Labute approximate surface area is 532 Å². The van der Waals surface area contributed by atoms with Crippen LogP contribution in [0.3, 0.4) is 0 Å². The lowest BCUT2D eigenvalue weighted by molar-refractivity contribution is -0.119. The number of nitrogens with one attached hydrogen (secondary N) is 4. The van der Waals surface area contributed by atoms with Crippen molar-refractivity contribution < 1.29 is 62.2 Å². The van der Waals surface area contributed by atoms with Gasteiger partial charge in [0.05, 0.1) is 79.1 Å². The summed E-state index contributed by atoms with van der Waals surface area (Å²) in [5.41, 5.74) is 30.7. The van der Waals surface area contributed by atoms with Crippen molar-refractivity contribution in [2.45, 2.75) is 104 Å². The molecule has 0 unspecified atom stereocenters. The number of benzene rings is 2. The fraction of sp³-hybridized carbons (Fsp3) is 0.567. The minimum Gasteiger partial charge on any atom is -0.491 e. The summed E-state index contributed by atoms with van der Waals surface area (Å²) < 4.78 is 43.3. The smallest absolute Gasteiger partial charge is 0.314 e. The number of ether oxygens (including phenoxy) is 8. The molecule has 496 valence electrons. The molecule has 0 saturated carbocycles. The van der Waals surface area contributed by atoms with Crippen LogP contribution in [0.4, 0.5) is 28.1 Å². The Kier molecular flexibility index (Phi) is 42.8. The molecule has 0 aliphatic rings. The largest absolute Gasteiger partial charge is 0.491 e. The molecule has 89 heavy (non-hydrogen) atoms. The van der Waals surface area contributed by atoms with Crippen LogP contribution in [0.2, 0.25) is 10.3 Å². The lowest BCUT2D eigenvalue weighted by Crippen LogP contribution is -2.38. The minimum absolute atomic E-state index is 0. The van der Waals surface area contributed by atoms with Gasteiger partial charge in [0, 0.05) is 51.9 Å². The molecule has 0 spiro atoms. The number of aromatic nitrogens is 4. The van der Waals surface area contributed by atoms with E-state index in [9.17, 15) is 19.2 Å². The first-order valence-electron chi connectivity index (χ1n) is 29.4. The molecule has 15 N–H and O–H groups in total. The van der Waals surface area contributed by atoms with E-state index < -0.39 is 5.91 Å². The molecule has 0 bridgehead atoms. The molecular weight excluding hydrogens is 1200 g/mol. The zero-order chi connectivity index (χ0) is 64.0. The maximum atomic E-state index is 12.3. The maximum Gasteiger partial charge on any atom is 0.314 e. The highest BCUT2D eigenvalue weighted by Gasteiger charge is 2.19. The lowest BCUT2D eigenvalue weighted by atomic mass is 10.0. The normalized spacial score (nSPS) is 11.0. The van der Waals surface area contributed by atoms with E-state index in [1.165, 1.54) is 5.56 Å². The van der Waals surface area contributed by atoms with Crippen LogP contribution >= 0.6 is 23.2 Å². The first-order valence-corrected chi connectivity index (χ1v) is 30.2. The number of carbonyl (C=O) groups is 4. The number of guanidine groups is 1. The summed E-state index contributed by atoms with van der Waals surface area (Å²) in [7, 11) is 1.65. The Morgan fingerprint density at radius 1 is 0.551 bits per heavy atom. The van der Waals surface area contributed by atoms with E-state index in [4.69, 9.17) is 100 Å². The van der Waals surface area contributed by atoms with Crippen molar-refractivity contribution in [1.82, 2.24) is 35.9 Å². The molecule has 0 saturated heterocycles. The summed E-state index contributed by atoms with van der Waals surface area (Å²) in [4.78, 5) is 67.9. The number of nitrogens with two attached hydrogens (primary N) is 5. The molecular formula is C60H94Cl2N14O13. The maximum absolute atomic E-state index is 12.3. The van der Waals surface area contributed by atoms with Crippen LogP contribution in [0.15, 0.2) is 53.5 Å². The Bertz CT molecular complexity index is 2680. The third-order valence-corrected chi connectivity index (χ3v) is 13.0.